The van der Waals surface area contributed by atoms with E-state index in [1.165, 1.54) is 0 Å². The first kappa shape index (κ1) is 17.3. The van der Waals surface area contributed by atoms with Gasteiger partial charge < -0.3 is 19.7 Å². The fraction of sp³-hybridized carbons (Fsp3) is 0.579. The number of nitrogens with one attached hydrogen (secondary N) is 1. The summed E-state index contributed by atoms with van der Waals surface area (Å²) in [7, 11) is 0. The van der Waals surface area contributed by atoms with E-state index >= 15 is 0 Å². The van der Waals surface area contributed by atoms with Crippen molar-refractivity contribution in [3.8, 4) is 0 Å². The maximum atomic E-state index is 14.6. The Morgan fingerprint density at radius 2 is 2.04 bits per heavy atom. The number of aromatic nitrogens is 2. The van der Waals surface area contributed by atoms with Crippen LogP contribution in [0.4, 0.5) is 9.18 Å². The molecule has 2 saturated heterocycles. The molecular weight excluding hydrogens is 337 g/mol. The summed E-state index contributed by atoms with van der Waals surface area (Å²) in [6, 6.07) is 1.42. The zero-order valence-electron chi connectivity index (χ0n) is 15.3. The third-order valence-corrected chi connectivity index (χ3v) is 5.38. The lowest BCUT2D eigenvalue weighted by atomic mass is 9.79. The maximum absolute atomic E-state index is 14.6. The Hall–Kier alpha value is -2.15. The highest BCUT2D eigenvalue weighted by Crippen LogP contribution is 2.48. The zero-order chi connectivity index (χ0) is 18.7. The van der Waals surface area contributed by atoms with Crippen LogP contribution < -0.4 is 0 Å². The molecule has 2 aromatic rings. The van der Waals surface area contributed by atoms with Crippen molar-refractivity contribution in [1.29, 1.82) is 0 Å². The maximum Gasteiger partial charge on any atom is 0.410 e. The second kappa shape index (κ2) is 5.67. The van der Waals surface area contributed by atoms with E-state index in [4.69, 9.17) is 4.74 Å². The summed E-state index contributed by atoms with van der Waals surface area (Å²) in [5, 5.41) is 12.0. The van der Waals surface area contributed by atoms with Crippen molar-refractivity contribution in [2.24, 2.45) is 0 Å². The topological polar surface area (TPSA) is 78.4 Å². The molecule has 140 valence electrons. The normalized spacial score (nSPS) is 28.6. The number of carbonyl (C=O) groups excluding carboxylic acids is 1. The monoisotopic (exact) mass is 361 g/mol. The summed E-state index contributed by atoms with van der Waals surface area (Å²) in [6.45, 7) is 5.51. The van der Waals surface area contributed by atoms with E-state index in [-0.39, 0.29) is 23.7 Å². The predicted molar refractivity (Wildman–Crippen MR) is 94.1 cm³/mol. The minimum Gasteiger partial charge on any atom is -0.444 e. The van der Waals surface area contributed by atoms with Gasteiger partial charge in [-0.25, -0.2) is 14.2 Å². The molecule has 2 atom stereocenters. The first-order chi connectivity index (χ1) is 12.2. The van der Waals surface area contributed by atoms with Crippen molar-refractivity contribution >= 4 is 17.1 Å². The van der Waals surface area contributed by atoms with Gasteiger partial charge in [-0.15, -0.1) is 0 Å². The van der Waals surface area contributed by atoms with Gasteiger partial charge in [-0.05, 0) is 39.7 Å². The van der Waals surface area contributed by atoms with Crippen LogP contribution in [0.3, 0.4) is 0 Å². The third kappa shape index (κ3) is 2.74. The summed E-state index contributed by atoms with van der Waals surface area (Å²) in [4.78, 5) is 21.3. The van der Waals surface area contributed by atoms with Crippen molar-refractivity contribution in [1.82, 2.24) is 14.9 Å². The van der Waals surface area contributed by atoms with Gasteiger partial charge in [-0.2, -0.15) is 0 Å². The number of aliphatic hydroxyl groups is 1. The number of fused-ring (bicyclic) bond motifs is 3. The van der Waals surface area contributed by atoms with Crippen LogP contribution in [0.15, 0.2) is 18.5 Å². The van der Waals surface area contributed by atoms with E-state index in [9.17, 15) is 14.3 Å². The number of pyridine rings is 1. The fourth-order valence-corrected chi connectivity index (χ4v) is 4.50. The molecule has 0 saturated carbocycles. The van der Waals surface area contributed by atoms with Crippen molar-refractivity contribution in [2.75, 3.05) is 0 Å². The van der Waals surface area contributed by atoms with Crippen LogP contribution in [0.1, 0.15) is 52.0 Å². The van der Waals surface area contributed by atoms with Crippen LogP contribution in [-0.4, -0.2) is 43.8 Å². The largest absolute Gasteiger partial charge is 0.444 e. The van der Waals surface area contributed by atoms with Crippen LogP contribution in [-0.2, 0) is 10.3 Å². The highest BCUT2D eigenvalue weighted by Gasteiger charge is 2.52. The van der Waals surface area contributed by atoms with Crippen molar-refractivity contribution in [3.05, 3.63) is 29.8 Å². The Labute approximate surface area is 151 Å². The van der Waals surface area contributed by atoms with Gasteiger partial charge in [-0.3, -0.25) is 0 Å². The second-order valence-electron chi connectivity index (χ2n) is 8.43. The number of amides is 1. The minimum absolute atomic E-state index is 0.157. The molecule has 2 aromatic heterocycles. The number of piperidine rings is 1. The van der Waals surface area contributed by atoms with Gasteiger partial charge in [0.25, 0.3) is 0 Å². The Morgan fingerprint density at radius 3 is 2.65 bits per heavy atom. The first-order valence-corrected chi connectivity index (χ1v) is 9.04. The smallest absolute Gasteiger partial charge is 0.410 e. The summed E-state index contributed by atoms with van der Waals surface area (Å²) >= 11 is 0. The molecule has 1 amide bonds. The number of rotatable bonds is 1. The molecule has 2 fully saturated rings. The highest BCUT2D eigenvalue weighted by atomic mass is 19.1. The molecule has 26 heavy (non-hydrogen) atoms. The molecular formula is C19H24FN3O3. The van der Waals surface area contributed by atoms with Crippen molar-refractivity contribution in [2.45, 2.75) is 69.7 Å². The van der Waals surface area contributed by atoms with Gasteiger partial charge in [-0.1, -0.05) is 0 Å². The van der Waals surface area contributed by atoms with Gasteiger partial charge >= 0.3 is 6.09 Å². The Bertz CT molecular complexity index is 843. The molecule has 2 bridgehead atoms. The van der Waals surface area contributed by atoms with Crippen molar-refractivity contribution < 1.29 is 19.0 Å². The number of hydrogen-bond acceptors (Lipinski definition) is 4. The third-order valence-electron chi connectivity index (χ3n) is 5.38. The molecule has 2 aliphatic heterocycles. The van der Waals surface area contributed by atoms with Gasteiger partial charge in [0.15, 0.2) is 0 Å². The van der Waals surface area contributed by atoms with Gasteiger partial charge in [0.2, 0.25) is 0 Å². The second-order valence-corrected chi connectivity index (χ2v) is 8.43. The number of ether oxygens (including phenoxy) is 1. The molecule has 0 aliphatic carbocycles. The molecule has 0 spiro atoms. The average molecular weight is 361 g/mol. The average Bonchev–Trinajstić information content (AvgIpc) is 3.08. The standard InChI is InChI=1S/C19H24FN3O3/c1-18(2,3)26-17(24)23-11-4-5-12(23)9-19(25,8-11)15-13-6-7-21-16(13)22-10-14(15)20/h6-7,10-12,25H,4-5,8-9H2,1-3H3,(H,21,22). The summed E-state index contributed by atoms with van der Waals surface area (Å²) in [6.07, 6.45) is 4.65. The lowest BCUT2D eigenvalue weighted by molar-refractivity contribution is -0.0632. The van der Waals surface area contributed by atoms with Gasteiger partial charge in [0, 0.05) is 42.1 Å². The summed E-state index contributed by atoms with van der Waals surface area (Å²) in [5.41, 5.74) is -1.06. The molecule has 6 nitrogen and oxygen atoms in total. The molecule has 0 aromatic carbocycles. The molecule has 4 heterocycles. The van der Waals surface area contributed by atoms with Crippen LogP contribution in [0.25, 0.3) is 11.0 Å². The molecule has 2 unspecified atom stereocenters. The number of halogens is 1. The van der Waals surface area contributed by atoms with E-state index in [1.807, 2.05) is 20.8 Å². The molecule has 4 rings (SSSR count). The number of aromatic amines is 1. The Kier molecular flexibility index (Phi) is 3.77. The Morgan fingerprint density at radius 1 is 1.38 bits per heavy atom. The number of hydrogen-bond donors (Lipinski definition) is 2. The van der Waals surface area contributed by atoms with Crippen LogP contribution in [0, 0.1) is 5.82 Å². The summed E-state index contributed by atoms with van der Waals surface area (Å²) in [5.74, 6) is -0.510. The number of nitrogens with zero attached hydrogens (tertiary/aromatic N) is 2. The number of carbonyl (C=O) groups is 1. The lowest BCUT2D eigenvalue weighted by Crippen LogP contribution is -2.53. The zero-order valence-corrected chi connectivity index (χ0v) is 15.3. The molecule has 0 radical (unpaired) electrons. The van der Waals surface area contributed by atoms with Crippen LogP contribution in [0.5, 0.6) is 0 Å². The minimum atomic E-state index is -1.32. The summed E-state index contributed by atoms with van der Waals surface area (Å²) < 4.78 is 20.2. The van der Waals surface area contributed by atoms with Gasteiger partial charge in [0.05, 0.1) is 11.8 Å². The van der Waals surface area contributed by atoms with E-state index < -0.39 is 17.0 Å². The SMILES string of the molecule is CC(C)(C)OC(=O)N1C2CCC1CC(O)(c1c(F)cnc3[nH]ccc13)C2. The van der Waals surface area contributed by atoms with E-state index in [2.05, 4.69) is 9.97 Å². The van der Waals surface area contributed by atoms with E-state index in [0.29, 0.717) is 23.9 Å². The quantitative estimate of drug-likeness (QED) is 0.815. The first-order valence-electron chi connectivity index (χ1n) is 9.04. The van der Waals surface area contributed by atoms with Crippen molar-refractivity contribution in [3.63, 3.8) is 0 Å². The van der Waals surface area contributed by atoms with Crippen LogP contribution in [0.2, 0.25) is 0 Å². The fourth-order valence-electron chi connectivity index (χ4n) is 4.50. The highest BCUT2D eigenvalue weighted by molar-refractivity contribution is 5.80. The van der Waals surface area contributed by atoms with Crippen LogP contribution >= 0.6 is 0 Å². The molecule has 2 N–H and O–H groups in total. The van der Waals surface area contributed by atoms with Gasteiger partial charge in [0.1, 0.15) is 17.1 Å². The van der Waals surface area contributed by atoms with E-state index in [0.717, 1.165) is 19.0 Å². The predicted octanol–water partition coefficient (Wildman–Crippen LogP) is 3.45. The molecule has 7 heteroatoms. The lowest BCUT2D eigenvalue weighted by Gasteiger charge is -2.44. The Balaban J connectivity index is 1.67. The van der Waals surface area contributed by atoms with E-state index in [1.54, 1.807) is 17.2 Å². The molecule has 2 aliphatic rings. The number of H-pyrrole nitrogens is 1.